The third-order valence-corrected chi connectivity index (χ3v) is 28.2. The summed E-state index contributed by atoms with van der Waals surface area (Å²) in [6, 6.07) is 0. The summed E-state index contributed by atoms with van der Waals surface area (Å²) in [4.78, 5) is 104. The fraction of sp³-hybridized carbons (Fsp3) is 0.585. The van der Waals surface area contributed by atoms with Crippen LogP contribution in [-0.4, -0.2) is 347 Å². The zero-order chi connectivity index (χ0) is 91.9. The van der Waals surface area contributed by atoms with E-state index in [2.05, 4.69) is 149 Å². The van der Waals surface area contributed by atoms with Crippen LogP contribution in [0.2, 0.25) is 0 Å². The summed E-state index contributed by atoms with van der Waals surface area (Å²) in [6.07, 6.45) is 25.9. The van der Waals surface area contributed by atoms with Crippen molar-refractivity contribution in [2.45, 2.75) is 202 Å². The van der Waals surface area contributed by atoms with Gasteiger partial charge in [-0.1, -0.05) is 51.8 Å². The molecule has 0 aromatic carbocycles. The summed E-state index contributed by atoms with van der Waals surface area (Å²) >= 11 is 5.24. The highest BCUT2D eigenvalue weighted by atomic mass is 32.1. The molecule has 2 amide bonds. The van der Waals surface area contributed by atoms with Gasteiger partial charge < -0.3 is 100 Å². The van der Waals surface area contributed by atoms with Gasteiger partial charge in [-0.2, -0.15) is 0 Å². The first-order valence-corrected chi connectivity index (χ1v) is 55.8. The molecule has 10 rings (SSSR count). The highest BCUT2D eigenvalue weighted by Crippen LogP contribution is 2.44. The lowest BCUT2D eigenvalue weighted by atomic mass is 10.1. The Kier molecular flexibility index (Phi) is 38.5. The van der Waals surface area contributed by atoms with Gasteiger partial charge in [-0.15, -0.1) is 65.9 Å². The Labute approximate surface area is 718 Å². The first-order chi connectivity index (χ1) is 56.5. The topological polar surface area (TPSA) is 490 Å². The van der Waals surface area contributed by atoms with Gasteiger partial charge in [-0.25, -0.2) is 9.59 Å². The number of aromatic nitrogens is 6. The van der Waals surface area contributed by atoms with E-state index in [4.69, 9.17) is 35.9 Å². The van der Waals surface area contributed by atoms with Crippen molar-refractivity contribution in [3.05, 3.63) is 165 Å². The highest BCUT2D eigenvalue weighted by Gasteiger charge is 2.50. The molecule has 3 aromatic heterocycles. The molecule has 5 saturated heterocycles. The average Bonchev–Trinajstić information content (AvgIpc) is 1.66. The number of ketones is 1. The van der Waals surface area contributed by atoms with E-state index in [1.807, 2.05) is 13.8 Å². The van der Waals surface area contributed by atoms with Gasteiger partial charge in [0.25, 0.3) is 28.5 Å². The summed E-state index contributed by atoms with van der Waals surface area (Å²) in [6.45, 7) is 34.0. The molecule has 0 saturated carbocycles. The van der Waals surface area contributed by atoms with Crippen LogP contribution in [0.15, 0.2) is 116 Å². The third kappa shape index (κ3) is 29.9. The molecule has 34 nitrogen and oxygen atoms in total. The first kappa shape index (κ1) is 104. The minimum atomic E-state index is -1.33. The van der Waals surface area contributed by atoms with Crippen molar-refractivity contribution in [1.29, 1.82) is 0 Å². The van der Waals surface area contributed by atoms with Crippen LogP contribution in [0.25, 0.3) is 12.2 Å². The van der Waals surface area contributed by atoms with E-state index in [0.29, 0.717) is 72.6 Å². The highest BCUT2D eigenvalue weighted by molar-refractivity contribution is 7.73. The third-order valence-electron chi connectivity index (χ3n) is 20.5. The number of aliphatic hydroxyl groups is 10. The maximum absolute atomic E-state index is 12.1. The summed E-state index contributed by atoms with van der Waals surface area (Å²) in [5.41, 5.74) is -1.16. The van der Waals surface area contributed by atoms with Gasteiger partial charge in [0, 0.05) is 48.7 Å². The molecule has 0 aliphatic carbocycles. The molecule has 7 aliphatic heterocycles. The van der Waals surface area contributed by atoms with E-state index in [9.17, 15) is 89.4 Å². The van der Waals surface area contributed by atoms with E-state index in [0.717, 1.165) is 59.3 Å². The van der Waals surface area contributed by atoms with Crippen LogP contribution in [0.4, 0.5) is 0 Å². The zero-order valence-electron chi connectivity index (χ0n) is 72.5. The molecule has 0 bridgehead atoms. The Morgan fingerprint density at radius 3 is 1.16 bits per heavy atom. The van der Waals surface area contributed by atoms with Gasteiger partial charge in [0.1, 0.15) is 72.7 Å². The SMILES string of the molecule is C=C1NC(=O)C(C)=CN1[C@@H]1O[C@H](CCP(=C)(C)C)[C@@H](O)[C@H]1O.C=CC1=CN([C@@H]2O[C@H](CCP(=C)(C)C)[C@@H](O)[C@H]2O)C(=C)NC1=O.C=P(C)(C)CC[C@H]1OC(n2cc(/C=C/C(C)=O)c(=O)[nH]c2=O)[C@H](O)[C@@H]1O.C=P(C)(C)CC[C@H]1OC(n2cc(/C=C/CC)c(=O)[nH]c2=O)[C@H](O)[C@@H]1O.C=P(C)(C)CC[C@H]1OC(n2cc(CNCCC)c(=O)[nH]c2=S)[C@H](O)[C@@H]1O. The number of ether oxygens (including phenoxy) is 5. The van der Waals surface area contributed by atoms with E-state index in [1.165, 1.54) is 53.2 Å². The van der Waals surface area contributed by atoms with E-state index in [1.54, 1.807) is 36.4 Å². The minimum Gasteiger partial charge on any atom is -0.388 e. The lowest BCUT2D eigenvalue weighted by Gasteiger charge is -2.34. The van der Waals surface area contributed by atoms with Crippen molar-refractivity contribution in [2.24, 2.45) is 0 Å². The molecule has 5 fully saturated rings. The van der Waals surface area contributed by atoms with E-state index < -0.39 is 180 Å². The molecule has 40 heteroatoms. The normalized spacial score (nSPS) is 28.8. The van der Waals surface area contributed by atoms with Crippen LogP contribution in [-0.2, 0) is 44.6 Å². The molecule has 684 valence electrons. The molecule has 10 heterocycles. The van der Waals surface area contributed by atoms with Gasteiger partial charge >= 0.3 is 11.4 Å². The largest absolute Gasteiger partial charge is 0.388 e. The average molecular weight is 1830 g/mol. The lowest BCUT2D eigenvalue weighted by molar-refractivity contribution is -0.120. The smallest absolute Gasteiger partial charge is 0.330 e. The lowest BCUT2D eigenvalue weighted by Crippen LogP contribution is -2.47. The quantitative estimate of drug-likeness (QED) is 0.0205. The Bertz CT molecular complexity index is 4980. The fourth-order valence-corrected chi connectivity index (χ4v) is 18.5. The standard InChI is InChI=1S/C17H30N3O4PS.C17H25N2O6P.C17H27N2O5P.C16H25N2O4P.C15H25N2O4P/c1-5-7-18-9-11-10-20(17(26)19-15(11)23)16-14(22)13(21)12(24-16)6-8-25(2,3)4;1-10(20)5-6-11-9-19(17(24)18-15(11)23)16-14(22)13(21)12(25-16)7-8-26(2,3)4;1-5-6-7-11-10-19(17(23)18-15(11)22)16-14(21)13(20)12(24-16)8-9-25(2,3)4;1-6-11-9-18(10(2)17-15(11)21)16-14(20)13(19)12(22-16)7-8-23(3,4)5;1-9-8-17(10(2)16-14(9)20)15-13(19)12(18)11(21-15)6-7-22(3,4)5/h10,12-14,16,18,21-22H,2,5-9H2,1,3-4H3,(H,19,23,26);5-6,9,12-14,16,21-22H,2,7-8H2,1,3-4H3,(H,18,23,24);6-7,10,12-14,16,20-21H,2,5,8-9H2,1,3-4H3,(H,18,22,23);6,9,12-14,16,19-20H,1-3,7-8H2,4-5H3,(H,17,21);8,11-13,15,18-19H,2-3,6-7H2,1,4-5H3,(H,16,20)/b;6-5+;7-6+;;/t3*12-,13-,14-,16?;12-,13-,14-,16-;11-,12-,13-,15-/m11111/s1. The molecular weight excluding hydrogens is 1690 g/mol. The molecule has 3 unspecified atom stereocenters. The second kappa shape index (κ2) is 44.9. The summed E-state index contributed by atoms with van der Waals surface area (Å²) in [5.74, 6) is -0.169. The van der Waals surface area contributed by atoms with E-state index >= 15 is 0 Å². The summed E-state index contributed by atoms with van der Waals surface area (Å²) < 4.78 is 32.9. The number of aliphatic hydroxyl groups excluding tert-OH is 10. The number of hydrogen-bond acceptors (Lipinski definition) is 27. The number of rotatable bonds is 29. The van der Waals surface area contributed by atoms with Crippen molar-refractivity contribution >= 4 is 108 Å². The number of nitrogens with one attached hydrogen (secondary N) is 6. The number of nitrogens with zero attached hydrogens (tertiary/aromatic N) is 5. The Morgan fingerprint density at radius 1 is 0.484 bits per heavy atom. The molecule has 7 aliphatic rings. The Hall–Kier alpha value is -6.29. The van der Waals surface area contributed by atoms with Gasteiger partial charge in [0.05, 0.1) is 47.2 Å². The van der Waals surface area contributed by atoms with Gasteiger partial charge in [-0.3, -0.25) is 57.4 Å². The van der Waals surface area contributed by atoms with Crippen molar-refractivity contribution in [3.8, 4) is 0 Å². The van der Waals surface area contributed by atoms with Crippen LogP contribution in [0.1, 0.15) is 108 Å². The monoisotopic (exact) mass is 1830 g/mol. The zero-order valence-corrected chi connectivity index (χ0v) is 77.8. The van der Waals surface area contributed by atoms with Gasteiger partial charge in [-0.05, 0) is 187 Å². The number of H-pyrrole nitrogens is 3. The van der Waals surface area contributed by atoms with Crippen LogP contribution < -0.4 is 44.0 Å². The molecule has 20 atom stereocenters. The molecule has 0 spiro atoms. The number of allylic oxidation sites excluding steroid dienone is 2. The Morgan fingerprint density at radius 2 is 0.820 bits per heavy atom. The molecule has 0 radical (unpaired) electrons. The maximum Gasteiger partial charge on any atom is 0.330 e. The van der Waals surface area contributed by atoms with E-state index in [-0.39, 0.29) is 33.5 Å². The van der Waals surface area contributed by atoms with Crippen LogP contribution in [0, 0.1) is 4.77 Å². The molecule has 16 N–H and O–H groups in total. The minimum absolute atomic E-state index is 0.0679. The second-order valence-corrected chi connectivity index (χ2v) is 56.9. The van der Waals surface area contributed by atoms with Crippen LogP contribution in [0.3, 0.4) is 0 Å². The first-order valence-electron chi connectivity index (χ1n) is 40.2. The summed E-state index contributed by atoms with van der Waals surface area (Å²) in [7, 11) is 0. The predicted molar refractivity (Wildman–Crippen MR) is 496 cm³/mol. The molecule has 122 heavy (non-hydrogen) atoms. The molecule has 3 aromatic rings. The van der Waals surface area contributed by atoms with Crippen molar-refractivity contribution in [3.63, 3.8) is 0 Å². The van der Waals surface area contributed by atoms with Crippen molar-refractivity contribution < 1.29 is 89.1 Å². The number of aromatic amines is 3. The Balaban J connectivity index is 0.000000236. The van der Waals surface area contributed by atoms with Crippen molar-refractivity contribution in [1.82, 2.24) is 54.4 Å². The van der Waals surface area contributed by atoms with Crippen molar-refractivity contribution in [2.75, 3.05) is 104 Å². The van der Waals surface area contributed by atoms with Crippen LogP contribution in [0.5, 0.6) is 0 Å². The van der Waals surface area contributed by atoms with Gasteiger partial charge in [0.15, 0.2) is 41.7 Å². The maximum atomic E-state index is 12.1. The van der Waals surface area contributed by atoms with Gasteiger partial charge in [0.2, 0.25) is 0 Å². The predicted octanol–water partition coefficient (Wildman–Crippen LogP) is 2.50. The molecular formula is C82H132N11O23P5S. The number of amides is 2. The fourth-order valence-electron chi connectivity index (χ4n) is 13.5. The number of carbonyl (C=O) groups excluding carboxylic acids is 3. The summed E-state index contributed by atoms with van der Waals surface area (Å²) in [5, 5.41) is 111. The number of hydrogen-bond donors (Lipinski definition) is 16. The number of carbonyl (C=O) groups is 3. The second-order valence-electron chi connectivity index (χ2n) is 34.9. The van der Waals surface area contributed by atoms with Crippen LogP contribution >= 0.6 is 46.6 Å².